The van der Waals surface area contributed by atoms with E-state index in [1.165, 1.54) is 6.07 Å². The highest BCUT2D eigenvalue weighted by Crippen LogP contribution is 2.30. The SMILES string of the molecule is CN1CCN(c2ccc(NC=C3C(=O)NC(=O)c4ccc(-c5cccc(C(=O)O)c5)cc43)cc2)CC1. The highest BCUT2D eigenvalue weighted by molar-refractivity contribution is 6.31. The highest BCUT2D eigenvalue weighted by Gasteiger charge is 2.27. The van der Waals surface area contributed by atoms with E-state index >= 15 is 0 Å². The number of nitrogens with one attached hydrogen (secondary N) is 2. The smallest absolute Gasteiger partial charge is 0.335 e. The summed E-state index contributed by atoms with van der Waals surface area (Å²) in [4.78, 5) is 41.2. The van der Waals surface area contributed by atoms with Crippen molar-refractivity contribution in [2.75, 3.05) is 43.4 Å². The first-order chi connectivity index (χ1) is 17.4. The van der Waals surface area contributed by atoms with E-state index in [2.05, 4.69) is 39.6 Å². The van der Waals surface area contributed by atoms with Crippen molar-refractivity contribution in [1.29, 1.82) is 0 Å². The Morgan fingerprint density at radius 3 is 2.33 bits per heavy atom. The van der Waals surface area contributed by atoms with E-state index in [0.29, 0.717) is 27.8 Å². The van der Waals surface area contributed by atoms with Gasteiger partial charge in [0.15, 0.2) is 0 Å². The molecule has 3 aromatic rings. The average molecular weight is 483 g/mol. The van der Waals surface area contributed by atoms with Crippen molar-refractivity contribution in [3.63, 3.8) is 0 Å². The molecule has 3 N–H and O–H groups in total. The van der Waals surface area contributed by atoms with Crippen LogP contribution in [0, 0.1) is 0 Å². The predicted octanol–water partition coefficient (Wildman–Crippen LogP) is 3.53. The molecule has 0 spiro atoms. The number of nitrogens with zero attached hydrogens (tertiary/aromatic N) is 2. The van der Waals surface area contributed by atoms with Crippen LogP contribution in [0.15, 0.2) is 72.9 Å². The van der Waals surface area contributed by atoms with E-state index in [4.69, 9.17) is 0 Å². The Hall–Kier alpha value is -4.43. The summed E-state index contributed by atoms with van der Waals surface area (Å²) in [5.74, 6) is -1.98. The first-order valence-corrected chi connectivity index (χ1v) is 11.7. The quantitative estimate of drug-likeness (QED) is 0.378. The Bertz CT molecular complexity index is 1370. The Morgan fingerprint density at radius 2 is 1.61 bits per heavy atom. The molecule has 2 aliphatic heterocycles. The van der Waals surface area contributed by atoms with Crippen molar-refractivity contribution >= 4 is 34.7 Å². The second-order valence-corrected chi connectivity index (χ2v) is 8.97. The van der Waals surface area contributed by atoms with Gasteiger partial charge in [-0.05, 0) is 66.7 Å². The number of hydrogen-bond acceptors (Lipinski definition) is 6. The summed E-state index contributed by atoms with van der Waals surface area (Å²) in [5.41, 5.74) is 4.72. The number of hydrogen-bond donors (Lipinski definition) is 3. The largest absolute Gasteiger partial charge is 0.478 e. The fourth-order valence-corrected chi connectivity index (χ4v) is 4.47. The van der Waals surface area contributed by atoms with Crippen LogP contribution in [0.1, 0.15) is 26.3 Å². The van der Waals surface area contributed by atoms with Gasteiger partial charge < -0.3 is 20.2 Å². The molecule has 0 aliphatic carbocycles. The molecule has 0 unspecified atom stereocenters. The Kier molecular flexibility index (Phi) is 6.26. The standard InChI is InChI=1S/C28H26N4O4/c1-31-11-13-32(14-12-31)22-8-6-21(7-9-22)29-17-25-24-16-19(5-10-23(24)26(33)30-27(25)34)18-3-2-4-20(15-18)28(35)36/h2-10,15-17,29H,11-14H2,1H3,(H,35,36)(H,30,33,34). The number of amides is 2. The van der Waals surface area contributed by atoms with Crippen molar-refractivity contribution in [3.8, 4) is 11.1 Å². The van der Waals surface area contributed by atoms with Crippen molar-refractivity contribution in [2.24, 2.45) is 0 Å². The molecule has 0 radical (unpaired) electrons. The summed E-state index contributed by atoms with van der Waals surface area (Å²) >= 11 is 0. The number of benzene rings is 3. The first-order valence-electron chi connectivity index (χ1n) is 11.7. The molecule has 1 saturated heterocycles. The molecule has 8 nitrogen and oxygen atoms in total. The van der Waals surface area contributed by atoms with Gasteiger partial charge in [-0.15, -0.1) is 0 Å². The Balaban J connectivity index is 1.42. The minimum absolute atomic E-state index is 0.163. The molecule has 0 saturated carbocycles. The minimum Gasteiger partial charge on any atom is -0.478 e. The number of piperazine rings is 1. The van der Waals surface area contributed by atoms with E-state index in [0.717, 1.165) is 37.6 Å². The summed E-state index contributed by atoms with van der Waals surface area (Å²) in [7, 11) is 2.13. The maximum atomic E-state index is 12.7. The zero-order valence-corrected chi connectivity index (χ0v) is 19.8. The third-order valence-corrected chi connectivity index (χ3v) is 6.59. The zero-order valence-electron chi connectivity index (χ0n) is 19.8. The van der Waals surface area contributed by atoms with Crippen molar-refractivity contribution < 1.29 is 19.5 Å². The van der Waals surface area contributed by atoms with Gasteiger partial charge in [-0.3, -0.25) is 14.9 Å². The summed E-state index contributed by atoms with van der Waals surface area (Å²) < 4.78 is 0. The van der Waals surface area contributed by atoms with Gasteiger partial charge in [0.25, 0.3) is 11.8 Å². The molecule has 1 fully saturated rings. The van der Waals surface area contributed by atoms with Crippen molar-refractivity contribution in [2.45, 2.75) is 0 Å². The number of anilines is 2. The van der Waals surface area contributed by atoms with Crippen molar-refractivity contribution in [3.05, 3.63) is 89.6 Å². The lowest BCUT2D eigenvalue weighted by molar-refractivity contribution is -0.114. The van der Waals surface area contributed by atoms with Gasteiger partial charge in [0.05, 0.1) is 11.1 Å². The number of rotatable bonds is 5. The van der Waals surface area contributed by atoms with Gasteiger partial charge >= 0.3 is 5.97 Å². The molecular formula is C28H26N4O4. The molecule has 5 rings (SSSR count). The van der Waals surface area contributed by atoms with Gasteiger partial charge in [0, 0.05) is 54.9 Å². The van der Waals surface area contributed by atoms with Crippen LogP contribution in [0.3, 0.4) is 0 Å². The number of carboxylic acid groups (broad SMARTS) is 1. The molecule has 0 bridgehead atoms. The lowest BCUT2D eigenvalue weighted by atomic mass is 9.91. The molecule has 0 atom stereocenters. The molecule has 182 valence electrons. The van der Waals surface area contributed by atoms with E-state index in [9.17, 15) is 19.5 Å². The number of carbonyl (C=O) groups excluding carboxylic acids is 2. The maximum absolute atomic E-state index is 12.7. The van der Waals surface area contributed by atoms with Crippen LogP contribution in [0.4, 0.5) is 11.4 Å². The first kappa shape index (κ1) is 23.3. The molecule has 2 amide bonds. The summed E-state index contributed by atoms with van der Waals surface area (Å²) in [6.07, 6.45) is 1.60. The molecular weight excluding hydrogens is 456 g/mol. The van der Waals surface area contributed by atoms with Gasteiger partial charge in [-0.2, -0.15) is 0 Å². The van der Waals surface area contributed by atoms with Crippen LogP contribution in [-0.4, -0.2) is 61.0 Å². The van der Waals surface area contributed by atoms with Crippen LogP contribution in [0.5, 0.6) is 0 Å². The number of carboxylic acids is 1. The fraction of sp³-hybridized carbons (Fsp3) is 0.179. The summed E-state index contributed by atoms with van der Waals surface area (Å²) in [6.45, 7) is 4.02. The monoisotopic (exact) mass is 482 g/mol. The van der Waals surface area contributed by atoms with Crippen LogP contribution >= 0.6 is 0 Å². The Labute approximate surface area is 208 Å². The second kappa shape index (κ2) is 9.67. The number of fused-ring (bicyclic) bond motifs is 1. The topological polar surface area (TPSA) is 102 Å². The molecule has 36 heavy (non-hydrogen) atoms. The number of carbonyl (C=O) groups is 3. The third kappa shape index (κ3) is 4.71. The maximum Gasteiger partial charge on any atom is 0.335 e. The third-order valence-electron chi connectivity index (χ3n) is 6.59. The number of imide groups is 1. The van der Waals surface area contributed by atoms with Crippen molar-refractivity contribution in [1.82, 2.24) is 10.2 Å². The van der Waals surface area contributed by atoms with E-state index in [1.807, 2.05) is 12.1 Å². The number of aromatic carboxylic acids is 1. The van der Waals surface area contributed by atoms with Crippen LogP contribution < -0.4 is 15.5 Å². The molecule has 3 aromatic carbocycles. The lowest BCUT2D eigenvalue weighted by Crippen LogP contribution is -2.44. The van der Waals surface area contributed by atoms with E-state index in [1.54, 1.807) is 42.6 Å². The van der Waals surface area contributed by atoms with Gasteiger partial charge in [0.1, 0.15) is 0 Å². The average Bonchev–Trinajstić information content (AvgIpc) is 2.89. The number of likely N-dealkylation sites (N-methyl/N-ethyl adjacent to an activating group) is 1. The van der Waals surface area contributed by atoms with E-state index in [-0.39, 0.29) is 5.56 Å². The van der Waals surface area contributed by atoms with Gasteiger partial charge in [-0.25, -0.2) is 4.79 Å². The second-order valence-electron chi connectivity index (χ2n) is 8.97. The van der Waals surface area contributed by atoms with Gasteiger partial charge in [0.2, 0.25) is 0 Å². The Morgan fingerprint density at radius 1 is 0.889 bits per heavy atom. The van der Waals surface area contributed by atoms with E-state index < -0.39 is 17.8 Å². The molecule has 2 heterocycles. The van der Waals surface area contributed by atoms with Gasteiger partial charge in [-0.1, -0.05) is 18.2 Å². The highest BCUT2D eigenvalue weighted by atomic mass is 16.4. The fourth-order valence-electron chi connectivity index (χ4n) is 4.47. The van der Waals surface area contributed by atoms with Crippen LogP contribution in [-0.2, 0) is 4.79 Å². The normalized spacial score (nSPS) is 17.0. The minimum atomic E-state index is -1.02. The lowest BCUT2D eigenvalue weighted by Gasteiger charge is -2.34. The predicted molar refractivity (Wildman–Crippen MR) is 139 cm³/mol. The van der Waals surface area contributed by atoms with Crippen LogP contribution in [0.2, 0.25) is 0 Å². The zero-order chi connectivity index (χ0) is 25.2. The summed E-state index contributed by atoms with van der Waals surface area (Å²) in [5, 5.41) is 14.9. The molecule has 0 aromatic heterocycles. The molecule has 8 heteroatoms. The summed E-state index contributed by atoms with van der Waals surface area (Å²) in [6, 6.07) is 19.7. The van der Waals surface area contributed by atoms with Crippen LogP contribution in [0.25, 0.3) is 16.7 Å². The molecule has 2 aliphatic rings.